The number of hydrogen-bond acceptors (Lipinski definition) is 5. The quantitative estimate of drug-likeness (QED) is 0.301. The number of aromatic amines is 1. The van der Waals surface area contributed by atoms with E-state index in [9.17, 15) is 9.59 Å². The van der Waals surface area contributed by atoms with Crippen LogP contribution in [0.4, 0.5) is 5.82 Å². The van der Waals surface area contributed by atoms with Gasteiger partial charge in [-0.05, 0) is 29.0 Å². The lowest BCUT2D eigenvalue weighted by Gasteiger charge is -2.18. The summed E-state index contributed by atoms with van der Waals surface area (Å²) >= 11 is 1.55. The van der Waals surface area contributed by atoms with Crippen LogP contribution in [0.15, 0.2) is 95.1 Å². The molecule has 0 aliphatic rings. The van der Waals surface area contributed by atoms with E-state index < -0.39 is 5.92 Å². The molecule has 0 radical (unpaired) electrons. The van der Waals surface area contributed by atoms with E-state index in [1.807, 2.05) is 91.2 Å². The van der Waals surface area contributed by atoms with Gasteiger partial charge in [-0.2, -0.15) is 9.78 Å². The first-order valence-electron chi connectivity index (χ1n) is 11.8. The van der Waals surface area contributed by atoms with Crippen LogP contribution in [0.25, 0.3) is 16.5 Å². The third kappa shape index (κ3) is 5.04. The van der Waals surface area contributed by atoms with Crippen molar-refractivity contribution in [3.63, 3.8) is 0 Å². The average Bonchev–Trinajstić information content (AvgIpc) is 3.56. The fourth-order valence-electron chi connectivity index (χ4n) is 4.14. The van der Waals surface area contributed by atoms with Crippen molar-refractivity contribution in [2.24, 2.45) is 0 Å². The highest BCUT2D eigenvalue weighted by Gasteiger charge is 2.25. The van der Waals surface area contributed by atoms with Gasteiger partial charge in [0.2, 0.25) is 11.9 Å². The Morgan fingerprint density at radius 2 is 1.69 bits per heavy atom. The molecule has 2 N–H and O–H groups in total. The summed E-state index contributed by atoms with van der Waals surface area (Å²) in [4.78, 5) is 34.5. The number of rotatable bonds is 8. The van der Waals surface area contributed by atoms with Crippen molar-refractivity contribution in [2.75, 3.05) is 5.32 Å². The molecule has 2 aromatic carbocycles. The van der Waals surface area contributed by atoms with Crippen LogP contribution in [0.5, 0.6) is 0 Å². The molecule has 0 fully saturated rings. The van der Waals surface area contributed by atoms with Gasteiger partial charge >= 0.3 is 0 Å². The summed E-state index contributed by atoms with van der Waals surface area (Å²) in [5, 5.41) is 9.73. The molecule has 3 aromatic heterocycles. The summed E-state index contributed by atoms with van der Waals surface area (Å²) in [5.41, 5.74) is 2.85. The lowest BCUT2D eigenvalue weighted by molar-refractivity contribution is -0.116. The second-order valence-corrected chi connectivity index (χ2v) is 9.31. The molecule has 5 rings (SSSR count). The van der Waals surface area contributed by atoms with Crippen LogP contribution in [0.1, 0.15) is 36.1 Å². The molecule has 0 aliphatic carbocycles. The molecule has 3 heterocycles. The number of thiophene rings is 1. The van der Waals surface area contributed by atoms with Gasteiger partial charge < -0.3 is 5.32 Å². The second kappa shape index (κ2) is 10.5. The minimum atomic E-state index is -0.528. The standard InChI is InChI=1S/C28H25N5O2S/c1-2-10-21-17-25(34)31-28(29-21)33-24(18-22(32-33)23-15-9-16-36-23)30-27(35)26(19-11-5-3-6-12-19)20-13-7-4-8-14-20/h3-9,11-18,26H,2,10H2,1H3,(H,30,35)(H,29,31,34). The van der Waals surface area contributed by atoms with E-state index in [2.05, 4.69) is 15.3 Å². The van der Waals surface area contributed by atoms with Crippen LogP contribution in [0.3, 0.4) is 0 Å². The third-order valence-electron chi connectivity index (χ3n) is 5.75. The fraction of sp³-hybridized carbons (Fsp3) is 0.143. The number of carbonyl (C=O) groups excluding carboxylic acids is 1. The minimum absolute atomic E-state index is 0.210. The summed E-state index contributed by atoms with van der Waals surface area (Å²) in [5.74, 6) is -0.0465. The number of aromatic nitrogens is 4. The van der Waals surface area contributed by atoms with Crippen molar-refractivity contribution in [1.29, 1.82) is 0 Å². The number of amides is 1. The van der Waals surface area contributed by atoms with Gasteiger partial charge in [-0.15, -0.1) is 11.3 Å². The van der Waals surface area contributed by atoms with Crippen LogP contribution < -0.4 is 10.9 Å². The Bertz CT molecular complexity index is 1470. The molecule has 1 amide bonds. The van der Waals surface area contributed by atoms with E-state index in [0.717, 1.165) is 22.4 Å². The SMILES string of the molecule is CCCc1cc(=O)[nH]c(-n2nc(-c3cccs3)cc2NC(=O)C(c2ccccc2)c2ccccc2)n1. The van der Waals surface area contributed by atoms with E-state index in [1.54, 1.807) is 11.3 Å². The first-order chi connectivity index (χ1) is 17.6. The van der Waals surface area contributed by atoms with Crippen molar-refractivity contribution in [1.82, 2.24) is 19.7 Å². The molecule has 180 valence electrons. The maximum absolute atomic E-state index is 13.8. The predicted molar refractivity (Wildman–Crippen MR) is 143 cm³/mol. The van der Waals surface area contributed by atoms with Gasteiger partial charge in [0.25, 0.3) is 5.56 Å². The molecular weight excluding hydrogens is 470 g/mol. The highest BCUT2D eigenvalue weighted by Crippen LogP contribution is 2.30. The first-order valence-corrected chi connectivity index (χ1v) is 12.7. The molecule has 8 heteroatoms. The zero-order valence-electron chi connectivity index (χ0n) is 19.7. The van der Waals surface area contributed by atoms with Crippen molar-refractivity contribution in [3.8, 4) is 16.5 Å². The van der Waals surface area contributed by atoms with E-state index >= 15 is 0 Å². The van der Waals surface area contributed by atoms with Crippen LogP contribution in [-0.4, -0.2) is 25.7 Å². The van der Waals surface area contributed by atoms with Gasteiger partial charge in [0.15, 0.2) is 0 Å². The van der Waals surface area contributed by atoms with E-state index in [1.165, 1.54) is 10.7 Å². The van der Waals surface area contributed by atoms with Crippen molar-refractivity contribution in [3.05, 3.63) is 117 Å². The summed E-state index contributed by atoms with van der Waals surface area (Å²) < 4.78 is 1.50. The fourth-order valence-corrected chi connectivity index (χ4v) is 4.82. The summed E-state index contributed by atoms with van der Waals surface area (Å²) in [6.07, 6.45) is 1.52. The molecule has 0 bridgehead atoms. The normalized spacial score (nSPS) is 11.1. The summed E-state index contributed by atoms with van der Waals surface area (Å²) in [6, 6.07) is 26.5. The van der Waals surface area contributed by atoms with Gasteiger partial charge in [-0.25, -0.2) is 4.98 Å². The number of nitrogens with zero attached hydrogens (tertiary/aromatic N) is 3. The number of anilines is 1. The molecule has 36 heavy (non-hydrogen) atoms. The van der Waals surface area contributed by atoms with E-state index in [4.69, 9.17) is 5.10 Å². The van der Waals surface area contributed by atoms with Crippen LogP contribution in [0, 0.1) is 0 Å². The van der Waals surface area contributed by atoms with Crippen LogP contribution in [-0.2, 0) is 11.2 Å². The second-order valence-electron chi connectivity index (χ2n) is 8.36. The molecule has 0 aliphatic heterocycles. The van der Waals surface area contributed by atoms with Crippen molar-refractivity contribution in [2.45, 2.75) is 25.7 Å². The smallest absolute Gasteiger partial charge is 0.252 e. The van der Waals surface area contributed by atoms with Gasteiger partial charge in [-0.1, -0.05) is 80.1 Å². The number of nitrogens with one attached hydrogen (secondary N) is 2. The molecule has 0 spiro atoms. The van der Waals surface area contributed by atoms with Crippen LogP contribution in [0.2, 0.25) is 0 Å². The Balaban J connectivity index is 1.58. The minimum Gasteiger partial charge on any atom is -0.310 e. The van der Waals surface area contributed by atoms with Gasteiger partial charge in [0, 0.05) is 17.8 Å². The van der Waals surface area contributed by atoms with Crippen molar-refractivity contribution < 1.29 is 4.79 Å². The Morgan fingerprint density at radius 1 is 1.00 bits per heavy atom. The Morgan fingerprint density at radius 3 is 2.31 bits per heavy atom. The molecular formula is C28H25N5O2S. The molecule has 0 saturated carbocycles. The number of H-pyrrole nitrogens is 1. The maximum Gasteiger partial charge on any atom is 0.252 e. The van der Waals surface area contributed by atoms with Crippen LogP contribution >= 0.6 is 11.3 Å². The highest BCUT2D eigenvalue weighted by molar-refractivity contribution is 7.13. The zero-order chi connectivity index (χ0) is 24.9. The summed E-state index contributed by atoms with van der Waals surface area (Å²) in [7, 11) is 0. The van der Waals surface area contributed by atoms with Crippen molar-refractivity contribution >= 4 is 23.1 Å². The first kappa shape index (κ1) is 23.4. The molecule has 0 unspecified atom stereocenters. The molecule has 0 atom stereocenters. The lowest BCUT2D eigenvalue weighted by Crippen LogP contribution is -2.24. The third-order valence-corrected chi connectivity index (χ3v) is 6.64. The monoisotopic (exact) mass is 495 g/mol. The Kier molecular flexibility index (Phi) is 6.86. The average molecular weight is 496 g/mol. The number of carbonyl (C=O) groups is 1. The number of aryl methyl sites for hydroxylation is 1. The van der Waals surface area contributed by atoms with E-state index in [0.29, 0.717) is 23.6 Å². The zero-order valence-corrected chi connectivity index (χ0v) is 20.5. The van der Waals surface area contributed by atoms with Gasteiger partial charge in [0.05, 0.1) is 10.8 Å². The Hall–Kier alpha value is -4.30. The number of hydrogen-bond donors (Lipinski definition) is 2. The predicted octanol–water partition coefficient (Wildman–Crippen LogP) is 5.41. The number of benzene rings is 2. The van der Waals surface area contributed by atoms with Gasteiger partial charge in [0.1, 0.15) is 11.5 Å². The molecule has 5 aromatic rings. The van der Waals surface area contributed by atoms with E-state index in [-0.39, 0.29) is 17.4 Å². The maximum atomic E-state index is 13.8. The Labute approximate surface area is 212 Å². The molecule has 0 saturated heterocycles. The highest BCUT2D eigenvalue weighted by atomic mass is 32.1. The van der Waals surface area contributed by atoms with Gasteiger partial charge in [-0.3, -0.25) is 14.6 Å². The summed E-state index contributed by atoms with van der Waals surface area (Å²) in [6.45, 7) is 2.03. The molecule has 7 nitrogen and oxygen atoms in total. The largest absolute Gasteiger partial charge is 0.310 e. The topological polar surface area (TPSA) is 92.7 Å². The lowest BCUT2D eigenvalue weighted by atomic mass is 9.90.